The van der Waals surface area contributed by atoms with Gasteiger partial charge in [0.15, 0.2) is 0 Å². The fourth-order valence-electron chi connectivity index (χ4n) is 3.44. The van der Waals surface area contributed by atoms with Crippen LogP contribution in [0.4, 0.5) is 13.2 Å². The van der Waals surface area contributed by atoms with E-state index < -0.39 is 30.8 Å². The first-order chi connectivity index (χ1) is 15.9. The second-order valence-electron chi connectivity index (χ2n) is 9.20. The van der Waals surface area contributed by atoms with Gasteiger partial charge in [0.2, 0.25) is 0 Å². The molecule has 34 heavy (non-hydrogen) atoms. The number of hydrogen-bond donors (Lipinski definition) is 0. The predicted octanol–water partition coefficient (Wildman–Crippen LogP) is 6.43. The van der Waals surface area contributed by atoms with E-state index in [1.54, 1.807) is 24.5 Å². The zero-order valence-electron chi connectivity index (χ0n) is 19.8. The van der Waals surface area contributed by atoms with Gasteiger partial charge in [-0.25, -0.2) is 4.79 Å². The molecule has 3 aromatic rings. The van der Waals surface area contributed by atoms with Crippen LogP contribution in [0.2, 0.25) is 0 Å². The summed E-state index contributed by atoms with van der Waals surface area (Å²) < 4.78 is 54.0. The van der Waals surface area contributed by atoms with Crippen molar-refractivity contribution < 1.29 is 27.4 Å². The number of fused-ring (bicyclic) bond motifs is 1. The summed E-state index contributed by atoms with van der Waals surface area (Å²) in [5.41, 5.74) is 0.429. The first kappa shape index (κ1) is 25.3. The highest BCUT2D eigenvalue weighted by Crippen LogP contribution is 2.39. The minimum absolute atomic E-state index is 0.0335. The fraction of sp³-hybridized carbons (Fsp3) is 0.385. The van der Waals surface area contributed by atoms with E-state index >= 15 is 0 Å². The number of alkyl halides is 3. The number of hydrogen-bond acceptors (Lipinski definition) is 4. The Kier molecular flexibility index (Phi) is 7.38. The second-order valence-corrected chi connectivity index (χ2v) is 9.20. The van der Waals surface area contributed by atoms with Crippen molar-refractivity contribution in [3.8, 4) is 17.0 Å². The molecule has 0 amide bonds. The van der Waals surface area contributed by atoms with E-state index in [9.17, 15) is 18.0 Å². The average Bonchev–Trinajstić information content (AvgIpc) is 3.12. The molecule has 0 aliphatic carbocycles. The SMILES string of the molecule is C=C(C)C(=O)OCC(C)(COc1ccc2cc(-c3cccnc3)n(CC(C)C)c2c1)C(F)(F)F. The molecule has 2 heterocycles. The molecule has 3 rings (SSSR count). The minimum atomic E-state index is -4.64. The highest BCUT2D eigenvalue weighted by Gasteiger charge is 2.53. The lowest BCUT2D eigenvalue weighted by Gasteiger charge is -2.31. The van der Waals surface area contributed by atoms with Crippen LogP contribution in [0.5, 0.6) is 5.75 Å². The zero-order valence-corrected chi connectivity index (χ0v) is 19.8. The van der Waals surface area contributed by atoms with Crippen LogP contribution in [-0.4, -0.2) is 34.9 Å². The van der Waals surface area contributed by atoms with E-state index in [1.165, 1.54) is 6.92 Å². The normalized spacial score (nSPS) is 13.6. The molecule has 0 saturated carbocycles. The maximum absolute atomic E-state index is 13.8. The number of esters is 1. The van der Waals surface area contributed by atoms with Crippen molar-refractivity contribution in [2.75, 3.05) is 13.2 Å². The number of pyridine rings is 1. The van der Waals surface area contributed by atoms with Crippen LogP contribution in [0, 0.1) is 11.3 Å². The fourth-order valence-corrected chi connectivity index (χ4v) is 3.44. The van der Waals surface area contributed by atoms with Crippen molar-refractivity contribution in [1.29, 1.82) is 0 Å². The Morgan fingerprint density at radius 1 is 1.18 bits per heavy atom. The highest BCUT2D eigenvalue weighted by molar-refractivity contribution is 5.88. The maximum atomic E-state index is 13.8. The summed E-state index contributed by atoms with van der Waals surface area (Å²) in [4.78, 5) is 15.8. The van der Waals surface area contributed by atoms with Crippen molar-refractivity contribution in [1.82, 2.24) is 9.55 Å². The molecule has 0 fully saturated rings. The molecule has 1 unspecified atom stereocenters. The Labute approximate surface area is 197 Å². The topological polar surface area (TPSA) is 53.4 Å². The third-order valence-electron chi connectivity index (χ3n) is 5.49. The van der Waals surface area contributed by atoms with Gasteiger partial charge in [0.25, 0.3) is 0 Å². The van der Waals surface area contributed by atoms with Gasteiger partial charge < -0.3 is 14.0 Å². The molecular weight excluding hydrogens is 445 g/mol. The maximum Gasteiger partial charge on any atom is 0.400 e. The van der Waals surface area contributed by atoms with Crippen LogP contribution in [-0.2, 0) is 16.1 Å². The van der Waals surface area contributed by atoms with Gasteiger partial charge in [-0.3, -0.25) is 4.98 Å². The monoisotopic (exact) mass is 474 g/mol. The summed E-state index contributed by atoms with van der Waals surface area (Å²) in [6.45, 7) is 9.10. The summed E-state index contributed by atoms with van der Waals surface area (Å²) in [6.07, 6.45) is -1.16. The Morgan fingerprint density at radius 3 is 2.50 bits per heavy atom. The average molecular weight is 475 g/mol. The van der Waals surface area contributed by atoms with Crippen molar-refractivity contribution in [2.24, 2.45) is 11.3 Å². The van der Waals surface area contributed by atoms with Gasteiger partial charge >= 0.3 is 12.1 Å². The van der Waals surface area contributed by atoms with Gasteiger partial charge in [-0.05, 0) is 50.1 Å². The Hall–Kier alpha value is -3.29. The number of rotatable bonds is 9. The summed E-state index contributed by atoms with van der Waals surface area (Å²) in [5, 5.41) is 0.945. The third kappa shape index (κ3) is 5.61. The molecule has 182 valence electrons. The lowest BCUT2D eigenvalue weighted by atomic mass is 9.92. The molecule has 0 N–H and O–H groups in total. The Bertz CT molecular complexity index is 1170. The van der Waals surface area contributed by atoms with Crippen molar-refractivity contribution >= 4 is 16.9 Å². The van der Waals surface area contributed by atoms with E-state index in [1.807, 2.05) is 24.3 Å². The van der Waals surface area contributed by atoms with E-state index in [2.05, 4.69) is 30.0 Å². The lowest BCUT2D eigenvalue weighted by Crippen LogP contribution is -2.44. The first-order valence-corrected chi connectivity index (χ1v) is 11.0. The van der Waals surface area contributed by atoms with Gasteiger partial charge in [-0.2, -0.15) is 13.2 Å². The van der Waals surface area contributed by atoms with E-state index in [4.69, 9.17) is 9.47 Å². The second kappa shape index (κ2) is 9.91. The van der Waals surface area contributed by atoms with Crippen LogP contribution in [0.15, 0.2) is 60.9 Å². The third-order valence-corrected chi connectivity index (χ3v) is 5.49. The molecule has 0 spiro atoms. The number of benzene rings is 1. The molecule has 2 aromatic heterocycles. The molecule has 1 atom stereocenters. The molecule has 8 heteroatoms. The Morgan fingerprint density at radius 2 is 1.91 bits per heavy atom. The van der Waals surface area contributed by atoms with Crippen molar-refractivity contribution in [3.05, 3.63) is 60.9 Å². The van der Waals surface area contributed by atoms with E-state index in [-0.39, 0.29) is 5.57 Å². The number of carbonyl (C=O) groups is 1. The van der Waals surface area contributed by atoms with Crippen LogP contribution < -0.4 is 4.74 Å². The van der Waals surface area contributed by atoms with Crippen LogP contribution in [0.3, 0.4) is 0 Å². The summed E-state index contributed by atoms with van der Waals surface area (Å²) in [7, 11) is 0. The molecule has 0 aliphatic rings. The van der Waals surface area contributed by atoms with Crippen molar-refractivity contribution in [2.45, 2.75) is 40.4 Å². The molecule has 0 bridgehead atoms. The number of aromatic nitrogens is 2. The predicted molar refractivity (Wildman–Crippen MR) is 125 cm³/mol. The smallest absolute Gasteiger partial charge is 0.400 e. The highest BCUT2D eigenvalue weighted by atomic mass is 19.4. The molecule has 0 aliphatic heterocycles. The summed E-state index contributed by atoms with van der Waals surface area (Å²) >= 11 is 0. The van der Waals surface area contributed by atoms with E-state index in [0.29, 0.717) is 18.2 Å². The summed E-state index contributed by atoms with van der Waals surface area (Å²) in [6, 6.07) is 11.1. The molecular formula is C26H29F3N2O3. The van der Waals surface area contributed by atoms with Crippen LogP contribution >= 0.6 is 0 Å². The van der Waals surface area contributed by atoms with Crippen LogP contribution in [0.25, 0.3) is 22.2 Å². The van der Waals surface area contributed by atoms with Crippen LogP contribution in [0.1, 0.15) is 27.7 Å². The molecule has 5 nitrogen and oxygen atoms in total. The number of ether oxygens (including phenoxy) is 2. The largest absolute Gasteiger partial charge is 0.492 e. The first-order valence-electron chi connectivity index (χ1n) is 11.0. The number of nitrogens with zero attached hydrogens (tertiary/aromatic N) is 2. The van der Waals surface area contributed by atoms with Gasteiger partial charge in [0.05, 0.1) is 11.2 Å². The van der Waals surface area contributed by atoms with Gasteiger partial charge in [-0.1, -0.05) is 20.4 Å². The van der Waals surface area contributed by atoms with Gasteiger partial charge in [0.1, 0.15) is 24.4 Å². The molecule has 1 aromatic carbocycles. The lowest BCUT2D eigenvalue weighted by molar-refractivity contribution is -0.240. The number of halogens is 3. The minimum Gasteiger partial charge on any atom is -0.492 e. The number of carbonyl (C=O) groups excluding carboxylic acids is 1. The quantitative estimate of drug-likeness (QED) is 0.265. The van der Waals surface area contributed by atoms with E-state index in [0.717, 1.165) is 29.1 Å². The zero-order chi connectivity index (χ0) is 25.1. The standard InChI is InChI=1S/C26H29F3N2O3/c1-17(2)14-31-22(20-7-6-10-30-13-20)11-19-8-9-21(12-23(19)31)33-15-25(5,26(27,28)29)16-34-24(32)18(3)4/h6-13,17H,3,14-16H2,1-2,4-5H3. The van der Waals surface area contributed by atoms with Crippen molar-refractivity contribution in [3.63, 3.8) is 0 Å². The molecule has 0 saturated heterocycles. The Balaban J connectivity index is 1.91. The molecule has 0 radical (unpaired) electrons. The summed E-state index contributed by atoms with van der Waals surface area (Å²) in [5.74, 6) is -0.228. The van der Waals surface area contributed by atoms with Gasteiger partial charge in [-0.15, -0.1) is 0 Å². The van der Waals surface area contributed by atoms with Gasteiger partial charge in [0, 0.05) is 41.5 Å².